The number of hydrogen-bond donors (Lipinski definition) is 1. The number of para-hydroxylation sites is 1. The van der Waals surface area contributed by atoms with Gasteiger partial charge in [-0.15, -0.1) is 0 Å². The molecule has 0 saturated carbocycles. The molecule has 0 amide bonds. The predicted molar refractivity (Wildman–Crippen MR) is 95.2 cm³/mol. The summed E-state index contributed by atoms with van der Waals surface area (Å²) in [6, 6.07) is 16.6. The number of aromatic nitrogens is 1. The van der Waals surface area contributed by atoms with Gasteiger partial charge in [-0.1, -0.05) is 35.9 Å². The van der Waals surface area contributed by atoms with Crippen molar-refractivity contribution in [1.29, 1.82) is 0 Å². The summed E-state index contributed by atoms with van der Waals surface area (Å²) in [4.78, 5) is 17.2. The molecular weight excluding hydrogens is 300 g/mol. The van der Waals surface area contributed by atoms with E-state index in [2.05, 4.69) is 4.98 Å². The summed E-state index contributed by atoms with van der Waals surface area (Å²) < 4.78 is 5.37. The van der Waals surface area contributed by atoms with Gasteiger partial charge in [0.25, 0.3) is 0 Å². The molecule has 24 heavy (non-hydrogen) atoms. The van der Waals surface area contributed by atoms with Crippen molar-refractivity contribution in [1.82, 2.24) is 4.98 Å². The van der Waals surface area contributed by atoms with Crippen LogP contribution in [-0.4, -0.2) is 17.9 Å². The van der Waals surface area contributed by atoms with Gasteiger partial charge in [0.2, 0.25) is 0 Å². The molecule has 2 aromatic carbocycles. The number of nitrogens with two attached hydrogens (primary N) is 1. The van der Waals surface area contributed by atoms with Crippen LogP contribution in [-0.2, 0) is 0 Å². The molecule has 0 bridgehead atoms. The Labute approximate surface area is 140 Å². The average molecular weight is 318 g/mol. The lowest BCUT2D eigenvalue weighted by atomic mass is 9.98. The van der Waals surface area contributed by atoms with Crippen molar-refractivity contribution in [2.75, 3.05) is 12.8 Å². The number of nitrogens with zero attached hydrogens (tertiary/aromatic N) is 1. The van der Waals surface area contributed by atoms with Crippen LogP contribution in [0, 0.1) is 6.92 Å². The summed E-state index contributed by atoms with van der Waals surface area (Å²) in [7, 11) is 1.59. The highest BCUT2D eigenvalue weighted by Gasteiger charge is 2.18. The van der Waals surface area contributed by atoms with Crippen molar-refractivity contribution >= 4 is 11.5 Å². The number of pyridine rings is 1. The van der Waals surface area contributed by atoms with E-state index in [1.165, 1.54) is 0 Å². The molecule has 0 spiro atoms. The van der Waals surface area contributed by atoms with Gasteiger partial charge >= 0.3 is 0 Å². The van der Waals surface area contributed by atoms with E-state index in [1.54, 1.807) is 25.4 Å². The van der Waals surface area contributed by atoms with E-state index in [-0.39, 0.29) is 5.78 Å². The molecule has 0 aliphatic rings. The van der Waals surface area contributed by atoms with Crippen molar-refractivity contribution in [3.8, 4) is 17.0 Å². The molecule has 3 rings (SSSR count). The molecule has 0 radical (unpaired) electrons. The number of aryl methyl sites for hydroxylation is 1. The Kier molecular flexibility index (Phi) is 4.29. The summed E-state index contributed by atoms with van der Waals surface area (Å²) in [6.45, 7) is 1.95. The van der Waals surface area contributed by atoms with E-state index in [1.807, 2.05) is 49.4 Å². The Morgan fingerprint density at radius 2 is 1.88 bits per heavy atom. The van der Waals surface area contributed by atoms with Gasteiger partial charge in [-0.25, -0.2) is 0 Å². The summed E-state index contributed by atoms with van der Waals surface area (Å²) in [5, 5.41) is 0. The largest absolute Gasteiger partial charge is 0.496 e. The molecule has 4 heteroatoms. The molecule has 3 aromatic rings. The van der Waals surface area contributed by atoms with Crippen molar-refractivity contribution < 1.29 is 9.53 Å². The maximum Gasteiger partial charge on any atom is 0.195 e. The second-order valence-electron chi connectivity index (χ2n) is 5.52. The second kappa shape index (κ2) is 6.54. The Morgan fingerprint density at radius 3 is 2.62 bits per heavy atom. The zero-order chi connectivity index (χ0) is 17.1. The first-order valence-corrected chi connectivity index (χ1v) is 7.61. The topological polar surface area (TPSA) is 65.2 Å². The molecule has 0 aliphatic heterocycles. The van der Waals surface area contributed by atoms with E-state index in [0.717, 1.165) is 11.1 Å². The van der Waals surface area contributed by atoms with Gasteiger partial charge in [0.15, 0.2) is 5.78 Å². The van der Waals surface area contributed by atoms with Gasteiger partial charge in [-0.05, 0) is 31.2 Å². The third kappa shape index (κ3) is 2.86. The first kappa shape index (κ1) is 15.7. The number of carbonyl (C=O) groups excluding carboxylic acids is 1. The summed E-state index contributed by atoms with van der Waals surface area (Å²) in [6.07, 6.45) is 1.60. The molecule has 2 N–H and O–H groups in total. The Hall–Kier alpha value is -3.14. The van der Waals surface area contributed by atoms with Crippen LogP contribution < -0.4 is 10.5 Å². The normalized spacial score (nSPS) is 10.4. The molecule has 120 valence electrons. The number of methoxy groups -OCH3 is 1. The molecular formula is C20H18N2O2. The SMILES string of the molecule is COc1ccccc1-c1nccc(C(=O)c2cccc(C)c2)c1N. The lowest BCUT2D eigenvalue weighted by molar-refractivity contribution is 0.103. The monoisotopic (exact) mass is 318 g/mol. The van der Waals surface area contributed by atoms with Crippen molar-refractivity contribution in [2.45, 2.75) is 6.92 Å². The Balaban J connectivity index is 2.11. The van der Waals surface area contributed by atoms with E-state index < -0.39 is 0 Å². The van der Waals surface area contributed by atoms with Gasteiger partial charge in [0.1, 0.15) is 5.75 Å². The van der Waals surface area contributed by atoms with Crippen LogP contribution in [0.2, 0.25) is 0 Å². The van der Waals surface area contributed by atoms with Crippen molar-refractivity contribution in [2.24, 2.45) is 0 Å². The maximum atomic E-state index is 12.8. The van der Waals surface area contributed by atoms with Gasteiger partial charge in [0.05, 0.1) is 18.5 Å². The van der Waals surface area contributed by atoms with E-state index in [0.29, 0.717) is 28.3 Å². The number of hydrogen-bond acceptors (Lipinski definition) is 4. The number of carbonyl (C=O) groups is 1. The van der Waals surface area contributed by atoms with E-state index >= 15 is 0 Å². The van der Waals surface area contributed by atoms with Gasteiger partial charge in [-0.2, -0.15) is 0 Å². The van der Waals surface area contributed by atoms with Crippen LogP contribution in [0.5, 0.6) is 5.75 Å². The molecule has 0 aliphatic carbocycles. The highest BCUT2D eigenvalue weighted by Crippen LogP contribution is 2.33. The maximum absolute atomic E-state index is 12.8. The lowest BCUT2D eigenvalue weighted by Gasteiger charge is -2.12. The zero-order valence-corrected chi connectivity index (χ0v) is 13.6. The van der Waals surface area contributed by atoms with Crippen LogP contribution in [0.25, 0.3) is 11.3 Å². The number of rotatable bonds is 4. The molecule has 1 aromatic heterocycles. The summed E-state index contributed by atoms with van der Waals surface area (Å²) in [5.74, 6) is 0.548. The fourth-order valence-electron chi connectivity index (χ4n) is 2.67. The number of ketones is 1. The predicted octanol–water partition coefficient (Wildman–Crippen LogP) is 3.88. The molecule has 1 heterocycles. The van der Waals surface area contributed by atoms with Gasteiger partial charge in [0, 0.05) is 22.9 Å². The average Bonchev–Trinajstić information content (AvgIpc) is 2.61. The molecule has 0 fully saturated rings. The van der Waals surface area contributed by atoms with Crippen molar-refractivity contribution in [3.63, 3.8) is 0 Å². The third-order valence-electron chi connectivity index (χ3n) is 3.88. The zero-order valence-electron chi connectivity index (χ0n) is 13.6. The fraction of sp³-hybridized carbons (Fsp3) is 0.100. The van der Waals surface area contributed by atoms with Crippen LogP contribution in [0.15, 0.2) is 60.8 Å². The number of ether oxygens (including phenoxy) is 1. The Bertz CT molecular complexity index is 904. The van der Waals surface area contributed by atoms with Crippen LogP contribution in [0.4, 0.5) is 5.69 Å². The smallest absolute Gasteiger partial charge is 0.195 e. The van der Waals surface area contributed by atoms with Gasteiger partial charge in [-0.3, -0.25) is 9.78 Å². The molecule has 0 saturated heterocycles. The van der Waals surface area contributed by atoms with Crippen LogP contribution in [0.1, 0.15) is 21.5 Å². The molecule has 0 unspecified atom stereocenters. The molecule has 0 atom stereocenters. The number of benzene rings is 2. The first-order valence-electron chi connectivity index (χ1n) is 7.61. The standard InChI is InChI=1S/C20H18N2O2/c1-13-6-5-7-14(12-13)20(23)16-10-11-22-19(18(16)21)15-8-3-4-9-17(15)24-2/h3-12H,21H2,1-2H3. The summed E-state index contributed by atoms with van der Waals surface area (Å²) >= 11 is 0. The summed E-state index contributed by atoms with van der Waals surface area (Å²) in [5.41, 5.74) is 10.0. The fourth-order valence-corrected chi connectivity index (χ4v) is 2.67. The lowest BCUT2D eigenvalue weighted by Crippen LogP contribution is -2.08. The first-order chi connectivity index (χ1) is 11.6. The minimum Gasteiger partial charge on any atom is -0.496 e. The van der Waals surface area contributed by atoms with Crippen molar-refractivity contribution in [3.05, 3.63) is 77.5 Å². The minimum absolute atomic E-state index is 0.116. The van der Waals surface area contributed by atoms with Crippen LogP contribution >= 0.6 is 0 Å². The number of nitrogen functional groups attached to an aromatic ring is 1. The third-order valence-corrected chi connectivity index (χ3v) is 3.88. The number of anilines is 1. The van der Waals surface area contributed by atoms with E-state index in [4.69, 9.17) is 10.5 Å². The highest BCUT2D eigenvalue weighted by atomic mass is 16.5. The second-order valence-corrected chi connectivity index (χ2v) is 5.52. The Morgan fingerprint density at radius 1 is 1.08 bits per heavy atom. The van der Waals surface area contributed by atoms with E-state index in [9.17, 15) is 4.79 Å². The quantitative estimate of drug-likeness (QED) is 0.741. The molecule has 4 nitrogen and oxygen atoms in total. The minimum atomic E-state index is -0.116. The highest BCUT2D eigenvalue weighted by molar-refractivity contribution is 6.13. The van der Waals surface area contributed by atoms with Crippen LogP contribution in [0.3, 0.4) is 0 Å². The van der Waals surface area contributed by atoms with Gasteiger partial charge < -0.3 is 10.5 Å².